The van der Waals surface area contributed by atoms with Gasteiger partial charge in [-0.15, -0.1) is 0 Å². The second-order valence-corrected chi connectivity index (χ2v) is 4.38. The van der Waals surface area contributed by atoms with Crippen molar-refractivity contribution in [3.8, 4) is 0 Å². The second kappa shape index (κ2) is 6.49. The summed E-state index contributed by atoms with van der Waals surface area (Å²) in [6, 6.07) is 0.388. The first-order chi connectivity index (χ1) is 7.20. The van der Waals surface area contributed by atoms with Crippen molar-refractivity contribution >= 4 is 5.97 Å². The molecule has 0 radical (unpaired) electrons. The van der Waals surface area contributed by atoms with E-state index < -0.39 is 5.97 Å². The number of aliphatic carboxylic acids is 1. The van der Waals surface area contributed by atoms with Gasteiger partial charge >= 0.3 is 5.97 Å². The SMILES string of the molecule is C[C@@H](N/C=C/C(=O)O)C1CCCCCC1. The molecule has 1 fully saturated rings. The molecule has 3 heteroatoms. The Bertz CT molecular complexity index is 218. The number of hydrogen-bond acceptors (Lipinski definition) is 2. The van der Waals surface area contributed by atoms with Crippen molar-refractivity contribution in [3.05, 3.63) is 12.3 Å². The number of carboxylic acids is 1. The molecule has 0 aromatic carbocycles. The van der Waals surface area contributed by atoms with Crippen LogP contribution in [0.25, 0.3) is 0 Å². The zero-order valence-electron chi connectivity index (χ0n) is 9.41. The van der Waals surface area contributed by atoms with Gasteiger partial charge in [-0.25, -0.2) is 4.79 Å². The van der Waals surface area contributed by atoms with E-state index in [1.54, 1.807) is 6.20 Å². The maximum absolute atomic E-state index is 10.3. The van der Waals surface area contributed by atoms with Crippen LogP contribution in [-0.2, 0) is 4.79 Å². The highest BCUT2D eigenvalue weighted by Gasteiger charge is 2.17. The molecule has 3 nitrogen and oxygen atoms in total. The number of carboxylic acid groups (broad SMARTS) is 1. The molecule has 0 aliphatic heterocycles. The van der Waals surface area contributed by atoms with Gasteiger partial charge in [0, 0.05) is 18.3 Å². The maximum Gasteiger partial charge on any atom is 0.329 e. The van der Waals surface area contributed by atoms with Crippen molar-refractivity contribution in [2.75, 3.05) is 0 Å². The first kappa shape index (κ1) is 12.1. The summed E-state index contributed by atoms with van der Waals surface area (Å²) in [5.41, 5.74) is 0. The van der Waals surface area contributed by atoms with E-state index in [2.05, 4.69) is 12.2 Å². The number of carbonyl (C=O) groups is 1. The van der Waals surface area contributed by atoms with Crippen LogP contribution < -0.4 is 5.32 Å². The Morgan fingerprint density at radius 1 is 1.33 bits per heavy atom. The minimum Gasteiger partial charge on any atom is -0.478 e. The van der Waals surface area contributed by atoms with E-state index in [0.717, 1.165) is 6.08 Å². The molecule has 1 aliphatic rings. The fourth-order valence-electron chi connectivity index (χ4n) is 2.22. The minimum atomic E-state index is -0.893. The molecule has 86 valence electrons. The Balaban J connectivity index is 2.31. The molecule has 2 N–H and O–H groups in total. The molecule has 0 bridgehead atoms. The van der Waals surface area contributed by atoms with Gasteiger partial charge in [0.25, 0.3) is 0 Å². The highest BCUT2D eigenvalue weighted by molar-refractivity contribution is 5.79. The zero-order chi connectivity index (χ0) is 11.1. The van der Waals surface area contributed by atoms with Gasteiger partial charge in [-0.05, 0) is 25.7 Å². The van der Waals surface area contributed by atoms with Gasteiger partial charge in [0.15, 0.2) is 0 Å². The first-order valence-corrected chi connectivity index (χ1v) is 5.85. The fourth-order valence-corrected chi connectivity index (χ4v) is 2.22. The second-order valence-electron chi connectivity index (χ2n) is 4.38. The number of rotatable bonds is 4. The summed E-state index contributed by atoms with van der Waals surface area (Å²) in [7, 11) is 0. The summed E-state index contributed by atoms with van der Waals surface area (Å²) in [4.78, 5) is 10.3. The topological polar surface area (TPSA) is 49.3 Å². The zero-order valence-corrected chi connectivity index (χ0v) is 9.41. The van der Waals surface area contributed by atoms with E-state index >= 15 is 0 Å². The average molecular weight is 211 g/mol. The van der Waals surface area contributed by atoms with Gasteiger partial charge in [-0.1, -0.05) is 25.7 Å². The Kier molecular flexibility index (Phi) is 5.22. The molecular formula is C12H21NO2. The summed E-state index contributed by atoms with van der Waals surface area (Å²) in [5.74, 6) is -0.193. The Labute approximate surface area is 91.6 Å². The van der Waals surface area contributed by atoms with Crippen molar-refractivity contribution in [2.45, 2.75) is 51.5 Å². The molecule has 0 spiro atoms. The van der Waals surface area contributed by atoms with E-state index in [4.69, 9.17) is 5.11 Å². The molecule has 0 heterocycles. The normalized spacial score (nSPS) is 21.1. The lowest BCUT2D eigenvalue weighted by Crippen LogP contribution is -2.29. The number of nitrogens with one attached hydrogen (secondary N) is 1. The summed E-state index contributed by atoms with van der Waals surface area (Å²) < 4.78 is 0. The summed E-state index contributed by atoms with van der Waals surface area (Å²) in [5, 5.41) is 11.6. The van der Waals surface area contributed by atoms with Crippen LogP contribution >= 0.6 is 0 Å². The van der Waals surface area contributed by atoms with Crippen molar-refractivity contribution in [2.24, 2.45) is 5.92 Å². The fraction of sp³-hybridized carbons (Fsp3) is 0.750. The van der Waals surface area contributed by atoms with Crippen LogP contribution in [0.1, 0.15) is 45.4 Å². The van der Waals surface area contributed by atoms with Crippen LogP contribution in [0.15, 0.2) is 12.3 Å². The molecule has 0 aromatic rings. The van der Waals surface area contributed by atoms with E-state index in [9.17, 15) is 4.79 Å². The predicted octanol–water partition coefficient (Wildman–Crippen LogP) is 2.53. The van der Waals surface area contributed by atoms with E-state index in [1.165, 1.54) is 38.5 Å². The minimum absolute atomic E-state index is 0.388. The van der Waals surface area contributed by atoms with Gasteiger partial charge in [0.1, 0.15) is 0 Å². The third-order valence-corrected chi connectivity index (χ3v) is 3.19. The van der Waals surface area contributed by atoms with Gasteiger partial charge in [-0.2, -0.15) is 0 Å². The summed E-state index contributed by atoms with van der Waals surface area (Å²) >= 11 is 0. The van der Waals surface area contributed by atoms with Crippen LogP contribution in [0.4, 0.5) is 0 Å². The molecule has 0 saturated heterocycles. The van der Waals surface area contributed by atoms with Gasteiger partial charge in [0.2, 0.25) is 0 Å². The molecule has 0 unspecified atom stereocenters. The lowest BCUT2D eigenvalue weighted by Gasteiger charge is -2.22. The van der Waals surface area contributed by atoms with Crippen molar-refractivity contribution in [3.63, 3.8) is 0 Å². The Morgan fingerprint density at radius 3 is 2.47 bits per heavy atom. The standard InChI is InChI=1S/C12H21NO2/c1-10(13-9-8-12(14)15)11-6-4-2-3-5-7-11/h8-11,13H,2-7H2,1H3,(H,14,15)/b9-8+/t10-/m1/s1. The van der Waals surface area contributed by atoms with Gasteiger partial charge in [0.05, 0.1) is 0 Å². The van der Waals surface area contributed by atoms with Crippen LogP contribution in [0, 0.1) is 5.92 Å². The summed E-state index contributed by atoms with van der Waals surface area (Å²) in [6.45, 7) is 2.14. The number of hydrogen-bond donors (Lipinski definition) is 2. The lowest BCUT2D eigenvalue weighted by atomic mass is 9.93. The molecule has 15 heavy (non-hydrogen) atoms. The van der Waals surface area contributed by atoms with E-state index in [0.29, 0.717) is 12.0 Å². The summed E-state index contributed by atoms with van der Waals surface area (Å²) in [6.07, 6.45) is 10.6. The third kappa shape index (κ3) is 4.86. The van der Waals surface area contributed by atoms with Crippen molar-refractivity contribution in [1.82, 2.24) is 5.32 Å². The van der Waals surface area contributed by atoms with Crippen LogP contribution in [0.2, 0.25) is 0 Å². The van der Waals surface area contributed by atoms with Gasteiger partial charge < -0.3 is 10.4 Å². The molecule has 0 amide bonds. The molecular weight excluding hydrogens is 190 g/mol. The lowest BCUT2D eigenvalue weighted by molar-refractivity contribution is -0.131. The van der Waals surface area contributed by atoms with E-state index in [-0.39, 0.29) is 0 Å². The predicted molar refractivity (Wildman–Crippen MR) is 60.6 cm³/mol. The average Bonchev–Trinajstić information content (AvgIpc) is 2.44. The van der Waals surface area contributed by atoms with Crippen molar-refractivity contribution < 1.29 is 9.90 Å². The molecule has 0 aromatic heterocycles. The largest absolute Gasteiger partial charge is 0.478 e. The van der Waals surface area contributed by atoms with Crippen LogP contribution in [-0.4, -0.2) is 17.1 Å². The monoisotopic (exact) mass is 211 g/mol. The van der Waals surface area contributed by atoms with Crippen LogP contribution in [0.5, 0.6) is 0 Å². The molecule has 1 aliphatic carbocycles. The quantitative estimate of drug-likeness (QED) is 0.555. The Morgan fingerprint density at radius 2 is 1.93 bits per heavy atom. The Hall–Kier alpha value is -0.990. The third-order valence-electron chi connectivity index (χ3n) is 3.19. The first-order valence-electron chi connectivity index (χ1n) is 5.85. The van der Waals surface area contributed by atoms with Gasteiger partial charge in [-0.3, -0.25) is 0 Å². The smallest absolute Gasteiger partial charge is 0.329 e. The van der Waals surface area contributed by atoms with Crippen LogP contribution in [0.3, 0.4) is 0 Å². The molecule has 1 atom stereocenters. The molecule has 1 rings (SSSR count). The highest BCUT2D eigenvalue weighted by Crippen LogP contribution is 2.25. The highest BCUT2D eigenvalue weighted by atomic mass is 16.4. The van der Waals surface area contributed by atoms with Crippen molar-refractivity contribution in [1.29, 1.82) is 0 Å². The molecule has 1 saturated carbocycles. The maximum atomic E-state index is 10.3. The van der Waals surface area contributed by atoms with E-state index in [1.807, 2.05) is 0 Å².